The third kappa shape index (κ3) is 4.75. The van der Waals surface area contributed by atoms with Gasteiger partial charge in [-0.05, 0) is 70.8 Å². The average Bonchev–Trinajstić information content (AvgIpc) is 3.29. The van der Waals surface area contributed by atoms with Crippen LogP contribution in [0.15, 0.2) is 75.9 Å². The number of carbonyl (C=O) groups is 2. The molecule has 0 spiro atoms. The summed E-state index contributed by atoms with van der Waals surface area (Å²) in [5.74, 6) is -0.223. The Morgan fingerprint density at radius 1 is 1.14 bits per heavy atom. The molecular weight excluding hydrogens is 520 g/mol. The number of nitrogens with zero attached hydrogens (tertiary/aromatic N) is 4. The van der Waals surface area contributed by atoms with Gasteiger partial charge < -0.3 is 4.74 Å². The largest absolute Gasteiger partial charge is 0.496 e. The monoisotopic (exact) mass is 544 g/mol. The Hall–Kier alpha value is -3.96. The van der Waals surface area contributed by atoms with Crippen molar-refractivity contribution in [1.82, 2.24) is 14.7 Å². The first-order chi connectivity index (χ1) is 17.2. The first-order valence-electron chi connectivity index (χ1n) is 11.4. The highest BCUT2D eigenvalue weighted by molar-refractivity contribution is 9.10. The summed E-state index contributed by atoms with van der Waals surface area (Å²) in [6.07, 6.45) is 3.56. The lowest BCUT2D eigenvalue weighted by Gasteiger charge is -2.28. The maximum Gasteiger partial charge on any atom is 0.271 e. The van der Waals surface area contributed by atoms with Crippen LogP contribution in [-0.2, 0) is 9.59 Å². The van der Waals surface area contributed by atoms with Gasteiger partial charge in [0.1, 0.15) is 23.1 Å². The van der Waals surface area contributed by atoms with Gasteiger partial charge in [0.25, 0.3) is 11.8 Å². The van der Waals surface area contributed by atoms with E-state index in [1.54, 1.807) is 24.8 Å². The van der Waals surface area contributed by atoms with E-state index in [1.165, 1.54) is 0 Å². The predicted molar refractivity (Wildman–Crippen MR) is 141 cm³/mol. The molecule has 8 heteroatoms. The number of carbonyl (C=O) groups excluding carboxylic acids is 2. The van der Waals surface area contributed by atoms with Gasteiger partial charge in [-0.25, -0.2) is 4.68 Å². The van der Waals surface area contributed by atoms with E-state index in [0.29, 0.717) is 28.2 Å². The fourth-order valence-electron chi connectivity index (χ4n) is 4.06. The van der Waals surface area contributed by atoms with Crippen LogP contribution in [0, 0.1) is 17.2 Å². The Kier molecular flexibility index (Phi) is 7.22. The van der Waals surface area contributed by atoms with Crippen molar-refractivity contribution in [2.45, 2.75) is 20.8 Å². The summed E-state index contributed by atoms with van der Waals surface area (Å²) in [4.78, 5) is 27.5. The number of ether oxygens (including phenoxy) is 1. The van der Waals surface area contributed by atoms with E-state index in [1.807, 2.05) is 74.6 Å². The van der Waals surface area contributed by atoms with Gasteiger partial charge in [-0.15, -0.1) is 0 Å². The molecule has 0 fully saturated rings. The number of methoxy groups -OCH3 is 1. The normalized spacial score (nSPS) is 15.1. The molecule has 4 rings (SSSR count). The quantitative estimate of drug-likeness (QED) is 0.299. The first-order valence-corrected chi connectivity index (χ1v) is 12.2. The van der Waals surface area contributed by atoms with Crippen molar-refractivity contribution in [2.75, 3.05) is 13.7 Å². The maximum atomic E-state index is 13.5. The van der Waals surface area contributed by atoms with E-state index in [9.17, 15) is 14.9 Å². The zero-order chi connectivity index (χ0) is 26.0. The minimum Gasteiger partial charge on any atom is -0.496 e. The van der Waals surface area contributed by atoms with Crippen molar-refractivity contribution in [3.8, 4) is 28.8 Å². The van der Waals surface area contributed by atoms with Crippen molar-refractivity contribution >= 4 is 33.8 Å². The lowest BCUT2D eigenvalue weighted by Crippen LogP contribution is -2.44. The van der Waals surface area contributed by atoms with E-state index in [2.05, 4.69) is 15.9 Å². The number of aromatic nitrogens is 2. The van der Waals surface area contributed by atoms with E-state index < -0.39 is 11.8 Å². The highest BCUT2D eigenvalue weighted by Gasteiger charge is 2.36. The first kappa shape index (κ1) is 25.1. The second kappa shape index (κ2) is 10.3. The van der Waals surface area contributed by atoms with Crippen LogP contribution in [0.3, 0.4) is 0 Å². The minimum atomic E-state index is -0.551. The Morgan fingerprint density at radius 2 is 1.86 bits per heavy atom. The molecule has 1 aliphatic heterocycles. The number of hydrogen-bond acceptors (Lipinski definition) is 5. The Labute approximate surface area is 218 Å². The molecule has 36 heavy (non-hydrogen) atoms. The fourth-order valence-corrected chi connectivity index (χ4v) is 4.60. The molecule has 2 amide bonds. The number of amides is 2. The van der Waals surface area contributed by atoms with Gasteiger partial charge in [0.05, 0.1) is 17.3 Å². The molecule has 0 bridgehead atoms. The number of imide groups is 1. The van der Waals surface area contributed by atoms with Crippen LogP contribution in [0.4, 0.5) is 0 Å². The van der Waals surface area contributed by atoms with Gasteiger partial charge in [0.15, 0.2) is 0 Å². The molecule has 2 aromatic carbocycles. The van der Waals surface area contributed by atoms with Gasteiger partial charge in [-0.3, -0.25) is 14.5 Å². The smallest absolute Gasteiger partial charge is 0.271 e. The van der Waals surface area contributed by atoms with Gasteiger partial charge in [0, 0.05) is 29.4 Å². The fraction of sp³-hybridized carbons (Fsp3) is 0.214. The number of halogens is 1. The highest BCUT2D eigenvalue weighted by atomic mass is 79.9. The van der Waals surface area contributed by atoms with E-state index >= 15 is 0 Å². The van der Waals surface area contributed by atoms with Crippen LogP contribution >= 0.6 is 15.9 Å². The topological polar surface area (TPSA) is 88.2 Å². The van der Waals surface area contributed by atoms with Crippen LogP contribution in [0.2, 0.25) is 0 Å². The molecule has 0 saturated carbocycles. The number of hydrogen-bond donors (Lipinski definition) is 0. The summed E-state index contributed by atoms with van der Waals surface area (Å²) in [6.45, 7) is 5.71. The second-order valence-electron chi connectivity index (χ2n) is 8.85. The van der Waals surface area contributed by atoms with Gasteiger partial charge in [0.2, 0.25) is 0 Å². The molecular formula is C28H25BrN4O3. The number of rotatable bonds is 6. The lowest BCUT2D eigenvalue weighted by molar-refractivity contribution is -0.141. The van der Waals surface area contributed by atoms with Gasteiger partial charge in [-0.2, -0.15) is 10.4 Å². The summed E-state index contributed by atoms with van der Waals surface area (Å²) < 4.78 is 7.87. The lowest BCUT2D eigenvalue weighted by atomic mass is 9.92. The van der Waals surface area contributed by atoms with Crippen LogP contribution in [-0.4, -0.2) is 40.1 Å². The van der Waals surface area contributed by atoms with Crippen molar-refractivity contribution in [3.05, 3.63) is 81.5 Å². The predicted octanol–water partition coefficient (Wildman–Crippen LogP) is 5.56. The molecule has 2 heterocycles. The molecule has 1 aromatic heterocycles. The van der Waals surface area contributed by atoms with Gasteiger partial charge >= 0.3 is 0 Å². The third-order valence-corrected chi connectivity index (χ3v) is 6.48. The van der Waals surface area contributed by atoms with E-state index in [4.69, 9.17) is 9.84 Å². The van der Waals surface area contributed by atoms with Crippen molar-refractivity contribution in [2.24, 2.45) is 5.92 Å². The third-order valence-electron chi connectivity index (χ3n) is 5.86. The van der Waals surface area contributed by atoms with E-state index in [0.717, 1.165) is 20.6 Å². The Morgan fingerprint density at radius 3 is 2.47 bits per heavy atom. The zero-order valence-corrected chi connectivity index (χ0v) is 22.0. The molecule has 7 nitrogen and oxygen atoms in total. The summed E-state index contributed by atoms with van der Waals surface area (Å²) in [7, 11) is 1.60. The standard InChI is InChI=1S/C28H25BrN4O3/c1-17(2)15-32-27(34)22(18(3)23(14-30)28(32)35)12-20-16-33(21-8-6-5-7-9-21)31-26(20)19-10-11-25(36-4)24(29)13-19/h5-13,16-17H,15H2,1-4H3/b22-12+. The summed E-state index contributed by atoms with van der Waals surface area (Å²) in [6, 6.07) is 17.3. The molecule has 0 radical (unpaired) electrons. The number of para-hydroxylation sites is 1. The van der Waals surface area contributed by atoms with Crippen LogP contribution in [0.1, 0.15) is 26.3 Å². The van der Waals surface area contributed by atoms with E-state index in [-0.39, 0.29) is 18.0 Å². The molecule has 0 N–H and O–H groups in total. The molecule has 0 unspecified atom stereocenters. The minimum absolute atomic E-state index is 0.0225. The number of nitriles is 1. The van der Waals surface area contributed by atoms with Crippen LogP contribution in [0.25, 0.3) is 23.0 Å². The van der Waals surface area contributed by atoms with Crippen molar-refractivity contribution in [3.63, 3.8) is 0 Å². The molecule has 0 atom stereocenters. The van der Waals surface area contributed by atoms with Crippen molar-refractivity contribution < 1.29 is 14.3 Å². The zero-order valence-electron chi connectivity index (χ0n) is 20.4. The van der Waals surface area contributed by atoms with Gasteiger partial charge in [-0.1, -0.05) is 32.0 Å². The molecule has 182 valence electrons. The van der Waals surface area contributed by atoms with Crippen molar-refractivity contribution in [1.29, 1.82) is 5.26 Å². The van der Waals surface area contributed by atoms with Crippen LogP contribution in [0.5, 0.6) is 5.75 Å². The Balaban J connectivity index is 1.92. The second-order valence-corrected chi connectivity index (χ2v) is 9.70. The molecule has 0 aliphatic carbocycles. The summed E-state index contributed by atoms with van der Waals surface area (Å²) >= 11 is 3.54. The molecule has 0 saturated heterocycles. The Bertz CT molecular complexity index is 1450. The SMILES string of the molecule is COc1ccc(-c2nn(-c3ccccc3)cc2/C=C2/C(=O)N(CC(C)C)C(=O)C(C#N)=C2C)cc1Br. The average molecular weight is 545 g/mol. The van der Waals surface area contributed by atoms with Crippen LogP contribution < -0.4 is 4.74 Å². The molecule has 3 aromatic rings. The highest BCUT2D eigenvalue weighted by Crippen LogP contribution is 2.34. The summed E-state index contributed by atoms with van der Waals surface area (Å²) in [5, 5.41) is 14.5. The number of benzene rings is 2. The summed E-state index contributed by atoms with van der Waals surface area (Å²) in [5.41, 5.74) is 3.62. The molecule has 1 aliphatic rings. The maximum absolute atomic E-state index is 13.5.